The van der Waals surface area contributed by atoms with E-state index in [0.717, 1.165) is 25.9 Å². The van der Waals surface area contributed by atoms with Gasteiger partial charge in [-0.25, -0.2) is 0 Å². The molecule has 3 N–H and O–H groups in total. The van der Waals surface area contributed by atoms with E-state index in [-0.39, 0.29) is 17.9 Å². The Hall–Kier alpha value is -1.14. The lowest BCUT2D eigenvalue weighted by Gasteiger charge is -2.35. The van der Waals surface area contributed by atoms with Crippen LogP contribution in [-0.4, -0.2) is 66.9 Å². The van der Waals surface area contributed by atoms with Gasteiger partial charge >= 0.3 is 0 Å². The van der Waals surface area contributed by atoms with Crippen LogP contribution in [0.3, 0.4) is 0 Å². The fourth-order valence-electron chi connectivity index (χ4n) is 2.25. The summed E-state index contributed by atoms with van der Waals surface area (Å²) >= 11 is 0. The van der Waals surface area contributed by atoms with Crippen molar-refractivity contribution in [2.75, 3.05) is 39.3 Å². The standard InChI is InChI=1S/C13H26N4O2/c1-3-5-11(14)13(19)17-8-6-16(7-9-17)10-12(18)15-4-2/h11H,3-10,14H2,1-2H3,(H,15,18)/t11-/m1/s1. The van der Waals surface area contributed by atoms with Crippen molar-refractivity contribution < 1.29 is 9.59 Å². The van der Waals surface area contributed by atoms with Crippen molar-refractivity contribution in [1.29, 1.82) is 0 Å². The van der Waals surface area contributed by atoms with Crippen molar-refractivity contribution in [3.8, 4) is 0 Å². The lowest BCUT2D eigenvalue weighted by atomic mass is 10.1. The van der Waals surface area contributed by atoms with E-state index in [1.165, 1.54) is 0 Å². The molecule has 1 rings (SSSR count). The highest BCUT2D eigenvalue weighted by Gasteiger charge is 2.25. The number of hydrogen-bond donors (Lipinski definition) is 2. The number of likely N-dealkylation sites (N-methyl/N-ethyl adjacent to an activating group) is 1. The van der Waals surface area contributed by atoms with Gasteiger partial charge < -0.3 is 16.0 Å². The predicted octanol–water partition coefficient (Wildman–Crippen LogP) is -0.606. The zero-order valence-corrected chi connectivity index (χ0v) is 12.0. The summed E-state index contributed by atoms with van der Waals surface area (Å²) in [4.78, 5) is 27.4. The van der Waals surface area contributed by atoms with E-state index in [1.807, 2.05) is 18.7 Å². The molecule has 6 nitrogen and oxygen atoms in total. The van der Waals surface area contributed by atoms with Crippen LogP contribution in [0.4, 0.5) is 0 Å². The highest BCUT2D eigenvalue weighted by Crippen LogP contribution is 2.05. The average molecular weight is 270 g/mol. The maximum absolute atomic E-state index is 12.0. The molecule has 2 amide bonds. The summed E-state index contributed by atoms with van der Waals surface area (Å²) in [6, 6.07) is -0.375. The van der Waals surface area contributed by atoms with E-state index in [2.05, 4.69) is 10.2 Å². The third-order valence-electron chi connectivity index (χ3n) is 3.34. The number of piperazine rings is 1. The number of nitrogens with two attached hydrogens (primary N) is 1. The summed E-state index contributed by atoms with van der Waals surface area (Å²) in [6.45, 7) is 7.80. The monoisotopic (exact) mass is 270 g/mol. The number of nitrogens with one attached hydrogen (secondary N) is 1. The smallest absolute Gasteiger partial charge is 0.239 e. The van der Waals surface area contributed by atoms with Gasteiger partial charge in [0.05, 0.1) is 12.6 Å². The maximum atomic E-state index is 12.0. The first-order valence-electron chi connectivity index (χ1n) is 7.11. The molecular weight excluding hydrogens is 244 g/mol. The Balaban J connectivity index is 2.32. The molecule has 110 valence electrons. The predicted molar refractivity (Wildman–Crippen MR) is 74.6 cm³/mol. The Morgan fingerprint density at radius 1 is 1.21 bits per heavy atom. The molecule has 1 atom stereocenters. The highest BCUT2D eigenvalue weighted by molar-refractivity contribution is 5.81. The fourth-order valence-corrected chi connectivity index (χ4v) is 2.25. The number of carbonyl (C=O) groups excluding carboxylic acids is 2. The van der Waals surface area contributed by atoms with Gasteiger partial charge in [0.2, 0.25) is 11.8 Å². The minimum Gasteiger partial charge on any atom is -0.355 e. The van der Waals surface area contributed by atoms with E-state index < -0.39 is 0 Å². The Kier molecular flexibility index (Phi) is 6.80. The van der Waals surface area contributed by atoms with Gasteiger partial charge in [0.1, 0.15) is 0 Å². The third kappa shape index (κ3) is 5.16. The van der Waals surface area contributed by atoms with Gasteiger partial charge in [-0.05, 0) is 13.3 Å². The largest absolute Gasteiger partial charge is 0.355 e. The van der Waals surface area contributed by atoms with Gasteiger partial charge in [0, 0.05) is 32.7 Å². The molecule has 1 fully saturated rings. The lowest BCUT2D eigenvalue weighted by Crippen LogP contribution is -2.54. The van der Waals surface area contributed by atoms with Crippen LogP contribution in [0.1, 0.15) is 26.7 Å². The van der Waals surface area contributed by atoms with Crippen LogP contribution in [0.15, 0.2) is 0 Å². The SMILES string of the molecule is CCC[C@@H](N)C(=O)N1CCN(CC(=O)NCC)CC1. The van der Waals surface area contributed by atoms with Crippen molar-refractivity contribution in [3.63, 3.8) is 0 Å². The molecule has 1 saturated heterocycles. The highest BCUT2D eigenvalue weighted by atomic mass is 16.2. The van der Waals surface area contributed by atoms with Crippen LogP contribution in [0, 0.1) is 0 Å². The summed E-state index contributed by atoms with van der Waals surface area (Å²) in [5.74, 6) is 0.0875. The second-order valence-corrected chi connectivity index (χ2v) is 4.95. The molecule has 1 heterocycles. The summed E-state index contributed by atoms with van der Waals surface area (Å²) in [7, 11) is 0. The van der Waals surface area contributed by atoms with Crippen LogP contribution < -0.4 is 11.1 Å². The average Bonchev–Trinajstić information content (AvgIpc) is 2.39. The van der Waals surface area contributed by atoms with Crippen LogP contribution >= 0.6 is 0 Å². The van der Waals surface area contributed by atoms with Crippen molar-refractivity contribution in [3.05, 3.63) is 0 Å². The molecule has 0 bridgehead atoms. The van der Waals surface area contributed by atoms with Gasteiger partial charge in [-0.15, -0.1) is 0 Å². The van der Waals surface area contributed by atoms with Crippen LogP contribution in [0.2, 0.25) is 0 Å². The zero-order chi connectivity index (χ0) is 14.3. The van der Waals surface area contributed by atoms with Crippen molar-refractivity contribution in [2.45, 2.75) is 32.7 Å². The Morgan fingerprint density at radius 2 is 1.84 bits per heavy atom. The molecule has 0 aromatic carbocycles. The van der Waals surface area contributed by atoms with E-state index in [1.54, 1.807) is 0 Å². The Bertz CT molecular complexity index is 301. The molecule has 19 heavy (non-hydrogen) atoms. The molecule has 0 spiro atoms. The second kappa shape index (κ2) is 8.12. The minimum absolute atomic E-state index is 0.0412. The molecule has 6 heteroatoms. The molecule has 0 aliphatic carbocycles. The molecular formula is C13H26N4O2. The number of hydrogen-bond acceptors (Lipinski definition) is 4. The van der Waals surface area contributed by atoms with Crippen molar-refractivity contribution >= 4 is 11.8 Å². The van der Waals surface area contributed by atoms with Gasteiger partial charge in [-0.1, -0.05) is 13.3 Å². The summed E-state index contributed by atoms with van der Waals surface area (Å²) in [6.07, 6.45) is 1.65. The third-order valence-corrected chi connectivity index (χ3v) is 3.34. The van der Waals surface area contributed by atoms with Crippen LogP contribution in [0.5, 0.6) is 0 Å². The van der Waals surface area contributed by atoms with E-state index in [9.17, 15) is 9.59 Å². The topological polar surface area (TPSA) is 78.7 Å². The van der Waals surface area contributed by atoms with Crippen molar-refractivity contribution in [1.82, 2.24) is 15.1 Å². The first-order valence-corrected chi connectivity index (χ1v) is 7.11. The summed E-state index contributed by atoms with van der Waals surface area (Å²) in [5.41, 5.74) is 5.84. The quantitative estimate of drug-likeness (QED) is 0.675. The summed E-state index contributed by atoms with van der Waals surface area (Å²) < 4.78 is 0. The molecule has 0 radical (unpaired) electrons. The fraction of sp³-hybridized carbons (Fsp3) is 0.846. The van der Waals surface area contributed by atoms with Crippen LogP contribution in [-0.2, 0) is 9.59 Å². The molecule has 0 aromatic rings. The summed E-state index contributed by atoms with van der Waals surface area (Å²) in [5, 5.41) is 2.78. The van der Waals surface area contributed by atoms with Crippen LogP contribution in [0.25, 0.3) is 0 Å². The first-order chi connectivity index (χ1) is 9.08. The molecule has 0 saturated carbocycles. The van der Waals surface area contributed by atoms with Gasteiger partial charge in [0.25, 0.3) is 0 Å². The zero-order valence-electron chi connectivity index (χ0n) is 12.0. The number of amides is 2. The Morgan fingerprint density at radius 3 is 2.37 bits per heavy atom. The van der Waals surface area contributed by atoms with Crippen molar-refractivity contribution in [2.24, 2.45) is 5.73 Å². The lowest BCUT2D eigenvalue weighted by molar-refractivity contribution is -0.134. The number of carbonyl (C=O) groups is 2. The maximum Gasteiger partial charge on any atom is 0.239 e. The van der Waals surface area contributed by atoms with Gasteiger partial charge in [-0.3, -0.25) is 14.5 Å². The van der Waals surface area contributed by atoms with E-state index in [0.29, 0.717) is 26.2 Å². The normalized spacial score (nSPS) is 18.2. The molecule has 1 aliphatic heterocycles. The molecule has 0 aromatic heterocycles. The number of nitrogens with zero attached hydrogens (tertiary/aromatic N) is 2. The number of rotatable bonds is 6. The van der Waals surface area contributed by atoms with Gasteiger partial charge in [-0.2, -0.15) is 0 Å². The molecule has 0 unspecified atom stereocenters. The van der Waals surface area contributed by atoms with E-state index >= 15 is 0 Å². The van der Waals surface area contributed by atoms with E-state index in [4.69, 9.17) is 5.73 Å². The second-order valence-electron chi connectivity index (χ2n) is 4.95. The molecule has 1 aliphatic rings. The minimum atomic E-state index is -0.375. The first kappa shape index (κ1) is 15.9. The van der Waals surface area contributed by atoms with Gasteiger partial charge in [0.15, 0.2) is 0 Å². The Labute approximate surface area is 115 Å².